The van der Waals surface area contributed by atoms with Crippen molar-refractivity contribution in [2.24, 2.45) is 46.3 Å². The Kier molecular flexibility index (Phi) is 5.22. The molecule has 0 amide bonds. The van der Waals surface area contributed by atoms with E-state index in [2.05, 4.69) is 33.8 Å². The van der Waals surface area contributed by atoms with E-state index in [1.807, 2.05) is 0 Å². The highest BCUT2D eigenvalue weighted by atomic mass is 16.7. The van der Waals surface area contributed by atoms with E-state index >= 15 is 0 Å². The summed E-state index contributed by atoms with van der Waals surface area (Å²) in [5.41, 5.74) is 1.16. The molecule has 2 aliphatic heterocycles. The fraction of sp³-hybridized carbons (Fsp3) is 0.862. The smallest absolute Gasteiger partial charge is 0.302 e. The molecule has 0 bridgehead atoms. The van der Waals surface area contributed by atoms with Crippen molar-refractivity contribution in [3.05, 3.63) is 11.6 Å². The van der Waals surface area contributed by atoms with Crippen molar-refractivity contribution < 1.29 is 23.8 Å². The Morgan fingerprint density at radius 1 is 1.12 bits per heavy atom. The molecule has 5 nitrogen and oxygen atoms in total. The maximum Gasteiger partial charge on any atom is 0.302 e. The predicted molar refractivity (Wildman–Crippen MR) is 128 cm³/mol. The maximum absolute atomic E-state index is 14.1. The first-order valence-electron chi connectivity index (χ1n) is 13.8. The number of rotatable bonds is 1. The van der Waals surface area contributed by atoms with Crippen molar-refractivity contribution in [3.63, 3.8) is 0 Å². The first kappa shape index (κ1) is 23.2. The molecule has 6 aliphatic rings. The zero-order chi connectivity index (χ0) is 24.0. The largest absolute Gasteiger partial charge is 0.462 e. The monoisotopic (exact) mass is 470 g/mol. The van der Waals surface area contributed by atoms with Crippen LogP contribution in [0.5, 0.6) is 0 Å². The van der Waals surface area contributed by atoms with E-state index in [9.17, 15) is 9.59 Å². The van der Waals surface area contributed by atoms with Gasteiger partial charge in [-0.3, -0.25) is 9.59 Å². The van der Waals surface area contributed by atoms with Crippen LogP contribution in [-0.2, 0) is 23.8 Å². The number of carbonyl (C=O) groups is 2. The summed E-state index contributed by atoms with van der Waals surface area (Å²) in [7, 11) is 0. The van der Waals surface area contributed by atoms with Crippen LogP contribution in [-0.4, -0.2) is 36.4 Å². The Balaban J connectivity index is 1.28. The minimum atomic E-state index is -0.479. The highest BCUT2D eigenvalue weighted by Crippen LogP contribution is 2.69. The van der Waals surface area contributed by atoms with Crippen LogP contribution in [0.1, 0.15) is 86.0 Å². The molecule has 5 heteroatoms. The van der Waals surface area contributed by atoms with Crippen LogP contribution in [0.2, 0.25) is 0 Å². The number of hydrogen-bond acceptors (Lipinski definition) is 5. The zero-order valence-electron chi connectivity index (χ0n) is 21.6. The lowest BCUT2D eigenvalue weighted by Gasteiger charge is -2.57. The number of fused-ring (bicyclic) bond motifs is 7. The van der Waals surface area contributed by atoms with Crippen LogP contribution in [0, 0.1) is 46.3 Å². The van der Waals surface area contributed by atoms with Gasteiger partial charge >= 0.3 is 5.97 Å². The normalized spacial score (nSPS) is 54.0. The molecule has 4 aliphatic carbocycles. The van der Waals surface area contributed by atoms with Crippen LogP contribution in [0.15, 0.2) is 11.6 Å². The fourth-order valence-electron chi connectivity index (χ4n) is 9.66. The molecule has 11 atom stereocenters. The lowest BCUT2D eigenvalue weighted by Crippen LogP contribution is -2.56. The lowest BCUT2D eigenvalue weighted by atomic mass is 9.46. The number of esters is 1. The number of Topliss-reactive ketones (excluding diaryl/α,β-unsaturated/α-hetero) is 1. The first-order valence-corrected chi connectivity index (χ1v) is 13.8. The van der Waals surface area contributed by atoms with Gasteiger partial charge in [0.1, 0.15) is 11.9 Å². The topological polar surface area (TPSA) is 61.8 Å². The van der Waals surface area contributed by atoms with Gasteiger partial charge in [-0.15, -0.1) is 0 Å². The molecule has 0 aromatic carbocycles. The number of hydrogen-bond donors (Lipinski definition) is 0. The average Bonchev–Trinajstić information content (AvgIpc) is 3.23. The molecule has 11 unspecified atom stereocenters. The highest BCUT2D eigenvalue weighted by Gasteiger charge is 2.71. The van der Waals surface area contributed by atoms with Crippen molar-refractivity contribution in [3.8, 4) is 0 Å². The minimum Gasteiger partial charge on any atom is -0.462 e. The fourth-order valence-corrected chi connectivity index (χ4v) is 9.66. The Bertz CT molecular complexity index is 915. The molecule has 0 aromatic heterocycles. The van der Waals surface area contributed by atoms with Crippen LogP contribution in [0.3, 0.4) is 0 Å². The second-order valence-corrected chi connectivity index (χ2v) is 13.1. The number of carbonyl (C=O) groups excluding carboxylic acids is 2. The number of ether oxygens (including phenoxy) is 3. The van der Waals surface area contributed by atoms with Gasteiger partial charge in [-0.05, 0) is 61.2 Å². The third-order valence-corrected chi connectivity index (χ3v) is 11.5. The molecule has 0 aromatic rings. The molecular weight excluding hydrogens is 428 g/mol. The zero-order valence-corrected chi connectivity index (χ0v) is 21.6. The van der Waals surface area contributed by atoms with E-state index in [0.717, 1.165) is 51.6 Å². The highest BCUT2D eigenvalue weighted by molar-refractivity contribution is 5.87. The van der Waals surface area contributed by atoms with Gasteiger partial charge < -0.3 is 14.2 Å². The molecule has 6 rings (SSSR count). The second-order valence-electron chi connectivity index (χ2n) is 13.1. The Morgan fingerprint density at radius 2 is 1.91 bits per heavy atom. The molecular formula is C29H42O5. The summed E-state index contributed by atoms with van der Waals surface area (Å²) < 4.78 is 18.8. The number of ketones is 1. The van der Waals surface area contributed by atoms with Crippen LogP contribution >= 0.6 is 0 Å². The van der Waals surface area contributed by atoms with Crippen molar-refractivity contribution in [2.75, 3.05) is 6.61 Å². The van der Waals surface area contributed by atoms with Crippen molar-refractivity contribution in [1.29, 1.82) is 0 Å². The molecule has 0 N–H and O–H groups in total. The van der Waals surface area contributed by atoms with E-state index in [1.54, 1.807) is 0 Å². The van der Waals surface area contributed by atoms with Gasteiger partial charge in [0.05, 0.1) is 12.7 Å². The van der Waals surface area contributed by atoms with Crippen molar-refractivity contribution in [2.45, 2.75) is 104 Å². The summed E-state index contributed by atoms with van der Waals surface area (Å²) in [6.07, 6.45) is 10.1. The SMILES string of the molecule is CC(=O)OC1CCC2(C)C(=CCC3C2CC(=O)C2(C)C3CC3OC4(CCC(C)CO4)C(C)C32)C1. The van der Waals surface area contributed by atoms with Gasteiger partial charge in [-0.2, -0.15) is 0 Å². The van der Waals surface area contributed by atoms with Gasteiger partial charge in [0, 0.05) is 43.4 Å². The quantitative estimate of drug-likeness (QED) is 0.376. The summed E-state index contributed by atoms with van der Waals surface area (Å²) in [5.74, 6) is 2.21. The van der Waals surface area contributed by atoms with E-state index in [4.69, 9.17) is 14.2 Å². The summed E-state index contributed by atoms with van der Waals surface area (Å²) in [6.45, 7) is 11.5. The number of allylic oxidation sites excluding steroid dienone is 1. The molecule has 188 valence electrons. The summed E-state index contributed by atoms with van der Waals surface area (Å²) in [6, 6.07) is 0. The third kappa shape index (κ3) is 3.04. The molecule has 0 radical (unpaired) electrons. The standard InChI is InChI=1S/C29H42O5/c1-16-8-11-29(32-15-16)17(2)26-24(34-29)13-23-21-7-6-19-12-20(33-18(3)30)9-10-27(19,4)22(21)14-25(31)28(23,26)5/h6,16-17,20-24,26H,7-15H2,1-5H3. The molecule has 2 heterocycles. The van der Waals surface area contributed by atoms with Crippen LogP contribution in [0.4, 0.5) is 0 Å². The summed E-state index contributed by atoms with van der Waals surface area (Å²) in [5, 5.41) is 0. The third-order valence-electron chi connectivity index (χ3n) is 11.5. The Hall–Kier alpha value is -1.20. The Labute approximate surface area is 204 Å². The van der Waals surface area contributed by atoms with E-state index in [-0.39, 0.29) is 40.8 Å². The Morgan fingerprint density at radius 3 is 2.62 bits per heavy atom. The first-order chi connectivity index (χ1) is 16.1. The summed E-state index contributed by atoms with van der Waals surface area (Å²) in [4.78, 5) is 25.6. The van der Waals surface area contributed by atoms with Crippen LogP contribution < -0.4 is 0 Å². The van der Waals surface area contributed by atoms with Gasteiger partial charge in [0.2, 0.25) is 0 Å². The van der Waals surface area contributed by atoms with Crippen molar-refractivity contribution >= 4 is 11.8 Å². The van der Waals surface area contributed by atoms with Gasteiger partial charge in [0.25, 0.3) is 0 Å². The van der Waals surface area contributed by atoms with Crippen molar-refractivity contribution in [1.82, 2.24) is 0 Å². The second kappa shape index (κ2) is 7.65. The molecule has 5 fully saturated rings. The molecule has 2 saturated heterocycles. The van der Waals surface area contributed by atoms with E-state index in [0.29, 0.717) is 35.9 Å². The minimum absolute atomic E-state index is 0.00702. The predicted octanol–water partition coefficient (Wildman–Crippen LogP) is 5.46. The van der Waals surface area contributed by atoms with Gasteiger partial charge in [-0.25, -0.2) is 0 Å². The lowest BCUT2D eigenvalue weighted by molar-refractivity contribution is -0.272. The van der Waals surface area contributed by atoms with E-state index in [1.165, 1.54) is 12.5 Å². The molecule has 1 spiro atoms. The van der Waals surface area contributed by atoms with Gasteiger partial charge in [-0.1, -0.05) is 39.3 Å². The maximum atomic E-state index is 14.1. The molecule has 3 saturated carbocycles. The average molecular weight is 471 g/mol. The summed E-state index contributed by atoms with van der Waals surface area (Å²) >= 11 is 0. The van der Waals surface area contributed by atoms with E-state index < -0.39 is 5.79 Å². The van der Waals surface area contributed by atoms with Crippen LogP contribution in [0.25, 0.3) is 0 Å². The molecule has 34 heavy (non-hydrogen) atoms. The van der Waals surface area contributed by atoms with Gasteiger partial charge in [0.15, 0.2) is 5.79 Å².